The van der Waals surface area contributed by atoms with E-state index in [4.69, 9.17) is 0 Å². The van der Waals surface area contributed by atoms with Gasteiger partial charge in [-0.15, -0.1) is 0 Å². The maximum atomic E-state index is 11.0. The Balaban J connectivity index is 4.66. The molecule has 0 aromatic carbocycles. The van der Waals surface area contributed by atoms with Crippen LogP contribution in [0.25, 0.3) is 0 Å². The van der Waals surface area contributed by atoms with Gasteiger partial charge in [0.25, 0.3) is 0 Å². The summed E-state index contributed by atoms with van der Waals surface area (Å²) in [5.74, 6) is 0.325. The Morgan fingerprint density at radius 3 is 1.56 bits per heavy atom. The molecule has 0 saturated heterocycles. The number of carbonyl (C=O) groups excluding carboxylic acids is 1. The van der Waals surface area contributed by atoms with Crippen molar-refractivity contribution in [1.29, 1.82) is 0 Å². The van der Waals surface area contributed by atoms with Gasteiger partial charge in [-0.2, -0.15) is 0 Å². The molecule has 0 spiro atoms. The molecular weight excluding hydrogens is 327 g/mol. The van der Waals surface area contributed by atoms with Crippen molar-refractivity contribution >= 4 is 24.7 Å². The first-order chi connectivity index (χ1) is 8.64. The molecule has 0 heterocycles. The van der Waals surface area contributed by atoms with Crippen molar-refractivity contribution in [3.05, 3.63) is 0 Å². The van der Waals surface area contributed by atoms with E-state index < -0.39 is 18.4 Å². The molecule has 0 aliphatic heterocycles. The zero-order chi connectivity index (χ0) is 13.9. The number of carbonyl (C=O) groups is 1. The van der Waals surface area contributed by atoms with Crippen LogP contribution in [-0.4, -0.2) is 24.7 Å². The summed E-state index contributed by atoms with van der Waals surface area (Å²) in [6, 6.07) is 0. The van der Waals surface area contributed by atoms with Crippen LogP contribution in [0.3, 0.4) is 0 Å². The van der Waals surface area contributed by atoms with E-state index in [0.717, 1.165) is 0 Å². The standard InChI is InChI=1S/C4H7O.3C4H9.Sn/c1-4(2)3-5;3*1-3-4-2;/h3-4H,1H2,2H3;3*1,3-4H2,2H3;. The Labute approximate surface area is 119 Å². The first-order valence-corrected chi connectivity index (χ1v) is 16.2. The second kappa shape index (κ2) is 11.3. The molecule has 0 radical (unpaired) electrons. The van der Waals surface area contributed by atoms with Gasteiger partial charge in [-0.1, -0.05) is 0 Å². The SMILES string of the molecule is CCC[CH2][Sn]([CH2]CCC)([CH2]CCC)[CH2]C(C)C=O. The molecule has 1 unspecified atom stereocenters. The van der Waals surface area contributed by atoms with Gasteiger partial charge in [0.15, 0.2) is 0 Å². The predicted molar refractivity (Wildman–Crippen MR) is 84.9 cm³/mol. The molecule has 108 valence electrons. The van der Waals surface area contributed by atoms with Crippen LogP contribution in [0.2, 0.25) is 17.7 Å². The van der Waals surface area contributed by atoms with Crippen molar-refractivity contribution in [2.75, 3.05) is 0 Å². The Morgan fingerprint density at radius 1 is 0.889 bits per heavy atom. The van der Waals surface area contributed by atoms with E-state index in [2.05, 4.69) is 27.7 Å². The molecule has 0 aliphatic rings. The Bertz CT molecular complexity index is 181. The van der Waals surface area contributed by atoms with Crippen LogP contribution in [0.15, 0.2) is 0 Å². The molecule has 18 heavy (non-hydrogen) atoms. The van der Waals surface area contributed by atoms with Gasteiger partial charge in [0.2, 0.25) is 0 Å². The summed E-state index contributed by atoms with van der Waals surface area (Å²) in [5.41, 5.74) is 0. The predicted octanol–water partition coefficient (Wildman–Crippen LogP) is 5.67. The molecule has 0 saturated carbocycles. The molecule has 0 aromatic rings. The molecule has 0 aromatic heterocycles. The van der Waals surface area contributed by atoms with Crippen LogP contribution in [0, 0.1) is 5.92 Å². The molecule has 0 amide bonds. The average Bonchev–Trinajstić information content (AvgIpc) is 2.40. The van der Waals surface area contributed by atoms with Gasteiger partial charge in [-0.3, -0.25) is 0 Å². The topological polar surface area (TPSA) is 17.1 Å². The summed E-state index contributed by atoms with van der Waals surface area (Å²) < 4.78 is 5.91. The number of rotatable bonds is 12. The third-order valence-electron chi connectivity index (χ3n) is 4.17. The minimum atomic E-state index is -2.00. The van der Waals surface area contributed by atoms with Crippen molar-refractivity contribution < 1.29 is 4.79 Å². The van der Waals surface area contributed by atoms with E-state index in [9.17, 15) is 4.79 Å². The van der Waals surface area contributed by atoms with Crippen LogP contribution in [0.5, 0.6) is 0 Å². The monoisotopic (exact) mass is 362 g/mol. The first kappa shape index (κ1) is 18.5. The summed E-state index contributed by atoms with van der Waals surface area (Å²) in [6.45, 7) is 9.06. The van der Waals surface area contributed by atoms with Crippen LogP contribution >= 0.6 is 0 Å². The maximum absolute atomic E-state index is 11.0. The van der Waals surface area contributed by atoms with Crippen molar-refractivity contribution in [3.63, 3.8) is 0 Å². The molecule has 0 rings (SSSR count). The van der Waals surface area contributed by atoms with Crippen molar-refractivity contribution in [3.8, 4) is 0 Å². The second-order valence-electron chi connectivity index (χ2n) is 6.13. The van der Waals surface area contributed by atoms with Gasteiger partial charge in [-0.25, -0.2) is 0 Å². The van der Waals surface area contributed by atoms with Crippen LogP contribution in [-0.2, 0) is 4.79 Å². The molecule has 0 N–H and O–H groups in total. The fraction of sp³-hybridized carbons (Fsp3) is 0.938. The Morgan fingerprint density at radius 2 is 1.28 bits per heavy atom. The second-order valence-corrected chi connectivity index (χ2v) is 20.1. The molecule has 1 atom stereocenters. The van der Waals surface area contributed by atoms with Gasteiger partial charge < -0.3 is 0 Å². The quantitative estimate of drug-likeness (QED) is 0.323. The molecular formula is C16H34OSn. The summed E-state index contributed by atoms with van der Waals surface area (Å²) in [5, 5.41) is 0. The van der Waals surface area contributed by atoms with Crippen molar-refractivity contribution in [1.82, 2.24) is 0 Å². The summed E-state index contributed by atoms with van der Waals surface area (Å²) in [6.07, 6.45) is 9.42. The summed E-state index contributed by atoms with van der Waals surface area (Å²) in [4.78, 5) is 11.0. The molecule has 0 fully saturated rings. The van der Waals surface area contributed by atoms with Gasteiger partial charge in [0, 0.05) is 0 Å². The number of aldehydes is 1. The zero-order valence-corrected chi connectivity index (χ0v) is 16.0. The van der Waals surface area contributed by atoms with Crippen molar-refractivity contribution in [2.24, 2.45) is 5.92 Å². The minimum absolute atomic E-state index is 0.325. The third-order valence-corrected chi connectivity index (χ3v) is 20.6. The fourth-order valence-electron chi connectivity index (χ4n) is 3.07. The van der Waals surface area contributed by atoms with Crippen LogP contribution in [0.1, 0.15) is 66.2 Å². The first-order valence-electron chi connectivity index (χ1n) is 8.09. The van der Waals surface area contributed by atoms with Crippen molar-refractivity contribution in [2.45, 2.75) is 84.0 Å². The zero-order valence-electron chi connectivity index (χ0n) is 13.1. The van der Waals surface area contributed by atoms with Gasteiger partial charge in [0.05, 0.1) is 0 Å². The number of hydrogen-bond donors (Lipinski definition) is 0. The molecule has 1 nitrogen and oxygen atoms in total. The summed E-state index contributed by atoms with van der Waals surface area (Å²) in [7, 11) is 0. The van der Waals surface area contributed by atoms with E-state index in [1.54, 1.807) is 0 Å². The fourth-order valence-corrected chi connectivity index (χ4v) is 20.6. The van der Waals surface area contributed by atoms with E-state index in [0.29, 0.717) is 5.92 Å². The molecule has 0 aliphatic carbocycles. The van der Waals surface area contributed by atoms with Crippen LogP contribution in [0.4, 0.5) is 0 Å². The number of unbranched alkanes of at least 4 members (excludes halogenated alkanes) is 3. The summed E-state index contributed by atoms with van der Waals surface area (Å²) >= 11 is -2.00. The van der Waals surface area contributed by atoms with E-state index in [1.807, 2.05) is 0 Å². The Kier molecular flexibility index (Phi) is 11.6. The van der Waals surface area contributed by atoms with Gasteiger partial charge in [-0.05, 0) is 0 Å². The van der Waals surface area contributed by atoms with E-state index >= 15 is 0 Å². The Hall–Kier alpha value is 0.469. The average molecular weight is 361 g/mol. The van der Waals surface area contributed by atoms with E-state index in [-0.39, 0.29) is 0 Å². The molecule has 2 heteroatoms. The van der Waals surface area contributed by atoms with Gasteiger partial charge >= 0.3 is 119 Å². The van der Waals surface area contributed by atoms with Gasteiger partial charge in [0.1, 0.15) is 0 Å². The number of hydrogen-bond acceptors (Lipinski definition) is 1. The van der Waals surface area contributed by atoms with Crippen LogP contribution < -0.4 is 0 Å². The normalized spacial score (nSPS) is 13.6. The van der Waals surface area contributed by atoms with E-state index in [1.165, 1.54) is 62.6 Å². The molecule has 0 bridgehead atoms. The third kappa shape index (κ3) is 7.81.